The van der Waals surface area contributed by atoms with Crippen molar-refractivity contribution in [2.45, 2.75) is 32.0 Å². The van der Waals surface area contributed by atoms with Crippen molar-refractivity contribution in [1.29, 1.82) is 0 Å². The number of carbonyl (C=O) groups excluding carboxylic acids is 1. The number of aryl methyl sites for hydroxylation is 1. The molecule has 0 aliphatic carbocycles. The van der Waals surface area contributed by atoms with E-state index in [-0.39, 0.29) is 12.2 Å². The van der Waals surface area contributed by atoms with E-state index in [1.807, 2.05) is 0 Å². The summed E-state index contributed by atoms with van der Waals surface area (Å²) >= 11 is 0. The number of alkyl halides is 3. The molecule has 0 saturated carbocycles. The minimum absolute atomic E-state index is 0.0656. The standard InChI is InChI=1S/C15H17F4NO2/c1-10-5-11(7-12(16)6-10)14(21)20(9-15(17,18)19)13-3-2-4-22-8-13/h5-7,13H,2-4,8-9H2,1H3. The third-order valence-electron chi connectivity index (χ3n) is 3.48. The molecule has 0 spiro atoms. The molecule has 0 N–H and O–H groups in total. The van der Waals surface area contributed by atoms with E-state index in [1.54, 1.807) is 6.92 Å². The van der Waals surface area contributed by atoms with Crippen LogP contribution >= 0.6 is 0 Å². The van der Waals surface area contributed by atoms with Crippen molar-refractivity contribution >= 4 is 5.91 Å². The van der Waals surface area contributed by atoms with Crippen LogP contribution in [0.3, 0.4) is 0 Å². The van der Waals surface area contributed by atoms with Crippen molar-refractivity contribution in [2.24, 2.45) is 0 Å². The summed E-state index contributed by atoms with van der Waals surface area (Å²) in [5, 5.41) is 0. The highest BCUT2D eigenvalue weighted by atomic mass is 19.4. The predicted octanol–water partition coefficient (Wildman–Crippen LogP) is 3.32. The highest BCUT2D eigenvalue weighted by Gasteiger charge is 2.37. The zero-order chi connectivity index (χ0) is 16.3. The summed E-state index contributed by atoms with van der Waals surface area (Å²) in [7, 11) is 0. The van der Waals surface area contributed by atoms with Gasteiger partial charge in [0, 0.05) is 12.2 Å². The number of ether oxygens (including phenoxy) is 1. The molecule has 122 valence electrons. The number of rotatable bonds is 3. The lowest BCUT2D eigenvalue weighted by atomic mass is 10.1. The third kappa shape index (κ3) is 4.43. The van der Waals surface area contributed by atoms with E-state index in [4.69, 9.17) is 4.74 Å². The molecular formula is C15H17F4NO2. The predicted molar refractivity (Wildman–Crippen MR) is 72.1 cm³/mol. The molecule has 0 bridgehead atoms. The van der Waals surface area contributed by atoms with Crippen LogP contribution in [0.4, 0.5) is 17.6 Å². The molecular weight excluding hydrogens is 302 g/mol. The average Bonchev–Trinajstić information content (AvgIpc) is 2.43. The van der Waals surface area contributed by atoms with Gasteiger partial charge in [0.1, 0.15) is 12.4 Å². The molecule has 1 heterocycles. The van der Waals surface area contributed by atoms with Crippen LogP contribution < -0.4 is 0 Å². The molecule has 1 saturated heterocycles. The van der Waals surface area contributed by atoms with Crippen LogP contribution in [-0.2, 0) is 4.74 Å². The molecule has 22 heavy (non-hydrogen) atoms. The molecule has 1 amide bonds. The van der Waals surface area contributed by atoms with Gasteiger partial charge < -0.3 is 9.64 Å². The zero-order valence-electron chi connectivity index (χ0n) is 12.1. The van der Waals surface area contributed by atoms with Gasteiger partial charge >= 0.3 is 6.18 Å². The van der Waals surface area contributed by atoms with E-state index in [9.17, 15) is 22.4 Å². The molecule has 1 unspecified atom stereocenters. The Morgan fingerprint density at radius 2 is 2.09 bits per heavy atom. The van der Waals surface area contributed by atoms with Gasteiger partial charge in [0.2, 0.25) is 0 Å². The molecule has 1 aromatic rings. The third-order valence-corrected chi connectivity index (χ3v) is 3.48. The second-order valence-electron chi connectivity index (χ2n) is 5.44. The number of hydrogen-bond acceptors (Lipinski definition) is 2. The molecule has 3 nitrogen and oxygen atoms in total. The van der Waals surface area contributed by atoms with Crippen LogP contribution in [0.1, 0.15) is 28.8 Å². The van der Waals surface area contributed by atoms with Gasteiger partial charge in [-0.25, -0.2) is 4.39 Å². The van der Waals surface area contributed by atoms with Crippen molar-refractivity contribution < 1.29 is 27.1 Å². The van der Waals surface area contributed by atoms with E-state index in [0.29, 0.717) is 25.0 Å². The van der Waals surface area contributed by atoms with Crippen LogP contribution in [-0.4, -0.2) is 42.8 Å². The fourth-order valence-corrected chi connectivity index (χ4v) is 2.56. The SMILES string of the molecule is Cc1cc(F)cc(C(=O)N(CC(F)(F)F)C2CCCOC2)c1. The Hall–Kier alpha value is -1.63. The molecule has 0 radical (unpaired) electrons. The maximum atomic E-state index is 13.4. The van der Waals surface area contributed by atoms with Crippen LogP contribution in [0, 0.1) is 12.7 Å². The van der Waals surface area contributed by atoms with Gasteiger partial charge in [0.05, 0.1) is 12.6 Å². The summed E-state index contributed by atoms with van der Waals surface area (Å²) in [6, 6.07) is 2.92. The lowest BCUT2D eigenvalue weighted by Gasteiger charge is -2.34. The molecule has 1 fully saturated rings. The van der Waals surface area contributed by atoms with Crippen molar-refractivity contribution in [3.05, 3.63) is 35.1 Å². The number of benzene rings is 1. The molecule has 0 aromatic heterocycles. The molecule has 1 atom stereocenters. The minimum atomic E-state index is -4.52. The minimum Gasteiger partial charge on any atom is -0.379 e. The fraction of sp³-hybridized carbons (Fsp3) is 0.533. The largest absolute Gasteiger partial charge is 0.406 e. The Morgan fingerprint density at radius 1 is 1.36 bits per heavy atom. The first-order chi connectivity index (χ1) is 10.3. The lowest BCUT2D eigenvalue weighted by molar-refractivity contribution is -0.148. The molecule has 7 heteroatoms. The second kappa shape index (κ2) is 6.64. The first-order valence-electron chi connectivity index (χ1n) is 6.99. The summed E-state index contributed by atoms with van der Waals surface area (Å²) < 4.78 is 56.9. The van der Waals surface area contributed by atoms with E-state index < -0.39 is 30.5 Å². The van der Waals surface area contributed by atoms with Crippen molar-refractivity contribution in [2.75, 3.05) is 19.8 Å². The summed E-state index contributed by atoms with van der Waals surface area (Å²) in [6.07, 6.45) is -3.49. The van der Waals surface area contributed by atoms with Gasteiger partial charge in [-0.05, 0) is 43.5 Å². The normalized spacial score (nSPS) is 19.0. The second-order valence-corrected chi connectivity index (χ2v) is 5.44. The molecule has 1 aliphatic heterocycles. The fourth-order valence-electron chi connectivity index (χ4n) is 2.56. The average molecular weight is 319 g/mol. The maximum absolute atomic E-state index is 13.4. The highest BCUT2D eigenvalue weighted by Crippen LogP contribution is 2.24. The maximum Gasteiger partial charge on any atom is 0.406 e. The van der Waals surface area contributed by atoms with Crippen LogP contribution in [0.25, 0.3) is 0 Å². The van der Waals surface area contributed by atoms with Crippen molar-refractivity contribution in [3.63, 3.8) is 0 Å². The van der Waals surface area contributed by atoms with Crippen molar-refractivity contribution in [1.82, 2.24) is 4.90 Å². The number of carbonyl (C=O) groups is 1. The first kappa shape index (κ1) is 16.7. The first-order valence-corrected chi connectivity index (χ1v) is 6.99. The van der Waals surface area contributed by atoms with E-state index in [1.165, 1.54) is 12.1 Å². The Kier molecular flexibility index (Phi) is 5.05. The van der Waals surface area contributed by atoms with Gasteiger partial charge in [0.25, 0.3) is 5.91 Å². The molecule has 1 aliphatic rings. The number of amides is 1. The lowest BCUT2D eigenvalue weighted by Crippen LogP contribution is -2.49. The number of halogens is 4. The van der Waals surface area contributed by atoms with Gasteiger partial charge in [-0.2, -0.15) is 13.2 Å². The monoisotopic (exact) mass is 319 g/mol. The Morgan fingerprint density at radius 3 is 2.64 bits per heavy atom. The van der Waals surface area contributed by atoms with Crippen LogP contribution in [0.5, 0.6) is 0 Å². The van der Waals surface area contributed by atoms with E-state index in [2.05, 4.69) is 0 Å². The van der Waals surface area contributed by atoms with E-state index in [0.717, 1.165) is 11.0 Å². The topological polar surface area (TPSA) is 29.5 Å². The highest BCUT2D eigenvalue weighted by molar-refractivity contribution is 5.94. The quantitative estimate of drug-likeness (QED) is 0.800. The Bertz CT molecular complexity index is 519. The van der Waals surface area contributed by atoms with Gasteiger partial charge in [-0.1, -0.05) is 0 Å². The van der Waals surface area contributed by atoms with Crippen LogP contribution in [0.15, 0.2) is 18.2 Å². The molecule has 1 aromatic carbocycles. The smallest absolute Gasteiger partial charge is 0.379 e. The van der Waals surface area contributed by atoms with Crippen molar-refractivity contribution in [3.8, 4) is 0 Å². The van der Waals surface area contributed by atoms with Gasteiger partial charge in [-0.3, -0.25) is 4.79 Å². The summed E-state index contributed by atoms with van der Waals surface area (Å²) in [6.45, 7) is 0.757. The van der Waals surface area contributed by atoms with Gasteiger partial charge in [0.15, 0.2) is 0 Å². The summed E-state index contributed by atoms with van der Waals surface area (Å²) in [5.74, 6) is -1.47. The summed E-state index contributed by atoms with van der Waals surface area (Å²) in [4.78, 5) is 13.2. The molecule has 2 rings (SSSR count). The van der Waals surface area contributed by atoms with E-state index >= 15 is 0 Å². The number of nitrogens with zero attached hydrogens (tertiary/aromatic N) is 1. The van der Waals surface area contributed by atoms with Gasteiger partial charge in [-0.15, -0.1) is 0 Å². The zero-order valence-corrected chi connectivity index (χ0v) is 12.1. The Balaban J connectivity index is 2.28. The Labute approximate surface area is 125 Å². The number of hydrogen-bond donors (Lipinski definition) is 0. The van der Waals surface area contributed by atoms with Crippen LogP contribution in [0.2, 0.25) is 0 Å². The summed E-state index contributed by atoms with van der Waals surface area (Å²) in [5.41, 5.74) is 0.405.